The van der Waals surface area contributed by atoms with E-state index in [1.807, 2.05) is 12.1 Å². The van der Waals surface area contributed by atoms with Gasteiger partial charge in [0.05, 0.1) is 31.0 Å². The van der Waals surface area contributed by atoms with Crippen LogP contribution in [0.3, 0.4) is 0 Å². The SMILES string of the molecule is Fc1cc(Cl)ccc1C=Cc1nc(COc2ccc(-c3nc(Cn4cc(-c5cn(Cc6coc(-c7ccc(OCc8coc(C=Cc9ccc(C(F)(F)F)cc9F)n8)cc7)n6)nn5)nn4)co3)cc2)co1. The summed E-state index contributed by atoms with van der Waals surface area (Å²) in [4.78, 5) is 17.8. The Hall–Kier alpha value is -8.98. The van der Waals surface area contributed by atoms with Gasteiger partial charge in [0.25, 0.3) is 0 Å². The van der Waals surface area contributed by atoms with Crippen LogP contribution in [-0.4, -0.2) is 49.9 Å². The van der Waals surface area contributed by atoms with Crippen LogP contribution < -0.4 is 9.47 Å². The number of benzene rings is 4. The molecule has 16 nitrogen and oxygen atoms in total. The molecule has 0 aliphatic rings. The van der Waals surface area contributed by atoms with Gasteiger partial charge in [-0.25, -0.2) is 38.1 Å². The number of hydrogen-bond donors (Lipinski definition) is 0. The first-order valence-electron chi connectivity index (χ1n) is 21.2. The summed E-state index contributed by atoms with van der Waals surface area (Å²) in [7, 11) is 0. The number of ether oxygens (including phenoxy) is 2. The summed E-state index contributed by atoms with van der Waals surface area (Å²) in [5.41, 5.74) is 3.87. The van der Waals surface area contributed by atoms with Gasteiger partial charge in [0.15, 0.2) is 0 Å². The van der Waals surface area contributed by atoms with Crippen LogP contribution in [0.15, 0.2) is 140 Å². The van der Waals surface area contributed by atoms with Gasteiger partial charge in [-0.2, -0.15) is 13.2 Å². The molecule has 0 atom stereocenters. The Balaban J connectivity index is 0.673. The Morgan fingerprint density at radius 3 is 1.46 bits per heavy atom. The Morgan fingerprint density at radius 2 is 1.00 bits per heavy atom. The van der Waals surface area contributed by atoms with Gasteiger partial charge in [-0.1, -0.05) is 34.2 Å². The molecule has 71 heavy (non-hydrogen) atoms. The molecule has 0 unspecified atom stereocenters. The molecule has 0 amide bonds. The third-order valence-corrected chi connectivity index (χ3v) is 10.5. The Labute approximate surface area is 402 Å². The van der Waals surface area contributed by atoms with Gasteiger partial charge in [-0.05, 0) is 84.9 Å². The molecule has 0 radical (unpaired) electrons. The number of halogens is 6. The molecule has 356 valence electrons. The quantitative estimate of drug-likeness (QED) is 0.0785. The van der Waals surface area contributed by atoms with Crippen LogP contribution in [0.25, 0.3) is 58.6 Å². The van der Waals surface area contributed by atoms with Gasteiger partial charge < -0.3 is 27.1 Å². The Morgan fingerprint density at radius 1 is 0.535 bits per heavy atom. The zero-order chi connectivity index (χ0) is 48.9. The van der Waals surface area contributed by atoms with Crippen molar-refractivity contribution in [3.8, 4) is 45.8 Å². The van der Waals surface area contributed by atoms with Gasteiger partial charge in [0, 0.05) is 39.4 Å². The molecule has 0 saturated heterocycles. The van der Waals surface area contributed by atoms with E-state index in [0.29, 0.717) is 85.6 Å². The summed E-state index contributed by atoms with van der Waals surface area (Å²) in [5.74, 6) is 0.863. The molecule has 10 aromatic rings. The molecule has 0 N–H and O–H groups in total. The zero-order valence-corrected chi connectivity index (χ0v) is 37.1. The molecule has 0 aliphatic carbocycles. The molecule has 0 spiro atoms. The second-order valence-electron chi connectivity index (χ2n) is 15.4. The van der Waals surface area contributed by atoms with Gasteiger partial charge in [0.1, 0.15) is 95.6 Å². The minimum Gasteiger partial charge on any atom is -0.487 e. The van der Waals surface area contributed by atoms with Gasteiger partial charge >= 0.3 is 6.18 Å². The van der Waals surface area contributed by atoms with Crippen LogP contribution in [-0.2, 0) is 32.5 Å². The summed E-state index contributed by atoms with van der Waals surface area (Å²) in [6.45, 7) is 0.760. The van der Waals surface area contributed by atoms with Crippen molar-refractivity contribution in [3.05, 3.63) is 190 Å². The van der Waals surface area contributed by atoms with E-state index >= 15 is 0 Å². The lowest BCUT2D eigenvalue weighted by Crippen LogP contribution is -2.05. The number of alkyl halides is 3. The largest absolute Gasteiger partial charge is 0.487 e. The first-order chi connectivity index (χ1) is 34.4. The van der Waals surface area contributed by atoms with Crippen LogP contribution in [0.4, 0.5) is 22.0 Å². The van der Waals surface area contributed by atoms with Gasteiger partial charge in [-0.15, -0.1) is 10.2 Å². The van der Waals surface area contributed by atoms with Crippen LogP contribution >= 0.6 is 11.6 Å². The van der Waals surface area contributed by atoms with Crippen LogP contribution in [0.2, 0.25) is 5.02 Å². The fraction of sp³-hybridized carbons (Fsp3) is 0.102. The lowest BCUT2D eigenvalue weighted by atomic mass is 10.1. The summed E-state index contributed by atoms with van der Waals surface area (Å²) in [5, 5.41) is 17.3. The molecule has 0 aliphatic heterocycles. The van der Waals surface area contributed by atoms with Gasteiger partial charge in [0.2, 0.25) is 23.6 Å². The van der Waals surface area contributed by atoms with Gasteiger partial charge in [-0.3, -0.25) is 0 Å². The fourth-order valence-corrected chi connectivity index (χ4v) is 6.93. The monoisotopic (exact) mass is 986 g/mol. The topological polar surface area (TPSA) is 184 Å². The predicted octanol–water partition coefficient (Wildman–Crippen LogP) is 11.4. The normalized spacial score (nSPS) is 11.9. The molecule has 6 heterocycles. The van der Waals surface area contributed by atoms with Crippen molar-refractivity contribution < 1.29 is 49.1 Å². The third-order valence-electron chi connectivity index (χ3n) is 10.3. The third kappa shape index (κ3) is 11.3. The van der Waals surface area contributed by atoms with Crippen LogP contribution in [0.5, 0.6) is 11.5 Å². The van der Waals surface area contributed by atoms with Crippen molar-refractivity contribution in [2.24, 2.45) is 0 Å². The average molecular weight is 987 g/mol. The lowest BCUT2D eigenvalue weighted by Gasteiger charge is -2.07. The van der Waals surface area contributed by atoms with Crippen molar-refractivity contribution in [1.82, 2.24) is 49.9 Å². The minimum absolute atomic E-state index is 0.0513. The highest BCUT2D eigenvalue weighted by Crippen LogP contribution is 2.31. The van der Waals surface area contributed by atoms with E-state index in [2.05, 4.69) is 40.6 Å². The van der Waals surface area contributed by atoms with E-state index in [0.717, 1.165) is 17.7 Å². The first kappa shape index (κ1) is 45.8. The molecular formula is C49H32ClF5N10O6. The van der Waals surface area contributed by atoms with E-state index in [1.165, 1.54) is 37.0 Å². The van der Waals surface area contributed by atoms with E-state index in [4.69, 9.17) is 38.7 Å². The standard InChI is InChI=1S/C49H32ClF5N10O6/c50-34-10-2-30(42(52)18-34)8-16-46-57-38(28-69-46)26-67-40-13-5-32(6-14-40)48-59-36(24-71-48)20-65-22-44(61-63-65)43-21-64(62-60-43)19-35-23-70-47(58-35)31-3-11-39(12-4-31)66-25-37-27-68-45(56-37)15-7-29-1-9-33(17-41(29)51)49(53,54)55/h1-18,21-24,27-28H,19-20,25-26H2. The molecule has 10 rings (SSSR count). The Kier molecular flexibility index (Phi) is 12.9. The zero-order valence-electron chi connectivity index (χ0n) is 36.4. The minimum atomic E-state index is -4.64. The van der Waals surface area contributed by atoms with Crippen molar-refractivity contribution in [3.63, 3.8) is 0 Å². The second kappa shape index (κ2) is 19.9. The highest BCUT2D eigenvalue weighted by atomic mass is 35.5. The number of aromatic nitrogens is 10. The molecule has 6 aromatic heterocycles. The molecule has 4 aromatic carbocycles. The van der Waals surface area contributed by atoms with Crippen LogP contribution in [0.1, 0.15) is 51.2 Å². The second-order valence-corrected chi connectivity index (χ2v) is 15.9. The number of oxazole rings is 4. The molecular weight excluding hydrogens is 955 g/mol. The maximum absolute atomic E-state index is 14.2. The maximum atomic E-state index is 14.2. The van der Waals surface area contributed by atoms with Crippen molar-refractivity contribution in [2.45, 2.75) is 32.5 Å². The number of nitrogens with zero attached hydrogens (tertiary/aromatic N) is 10. The van der Waals surface area contributed by atoms with E-state index < -0.39 is 23.4 Å². The lowest BCUT2D eigenvalue weighted by molar-refractivity contribution is -0.137. The molecule has 0 bridgehead atoms. The number of rotatable bonds is 17. The molecule has 22 heteroatoms. The fourth-order valence-electron chi connectivity index (χ4n) is 6.77. The van der Waals surface area contributed by atoms with E-state index in [1.54, 1.807) is 88.7 Å². The number of hydrogen-bond acceptors (Lipinski definition) is 14. The highest BCUT2D eigenvalue weighted by Gasteiger charge is 2.31. The smallest absolute Gasteiger partial charge is 0.416 e. The summed E-state index contributed by atoms with van der Waals surface area (Å²) >= 11 is 5.82. The van der Waals surface area contributed by atoms with Crippen molar-refractivity contribution in [2.75, 3.05) is 0 Å². The highest BCUT2D eigenvalue weighted by molar-refractivity contribution is 6.30. The average Bonchev–Trinajstić information content (AvgIpc) is 4.24. The maximum Gasteiger partial charge on any atom is 0.416 e. The predicted molar refractivity (Wildman–Crippen MR) is 243 cm³/mol. The molecule has 0 saturated carbocycles. The molecule has 0 fully saturated rings. The first-order valence-corrected chi connectivity index (χ1v) is 21.5. The Bertz CT molecular complexity index is 3500. The van der Waals surface area contributed by atoms with Crippen molar-refractivity contribution >= 4 is 35.9 Å². The van der Waals surface area contributed by atoms with E-state index in [-0.39, 0.29) is 37.8 Å². The van der Waals surface area contributed by atoms with E-state index in [9.17, 15) is 22.0 Å². The summed E-state index contributed by atoms with van der Waals surface area (Å²) < 4.78 is 104. The van der Waals surface area contributed by atoms with Crippen LogP contribution in [0, 0.1) is 11.6 Å². The van der Waals surface area contributed by atoms with Crippen molar-refractivity contribution in [1.29, 1.82) is 0 Å². The summed E-state index contributed by atoms with van der Waals surface area (Å²) in [6.07, 6.45) is 10.4. The summed E-state index contributed by atoms with van der Waals surface area (Å²) in [6, 6.07) is 20.9.